The van der Waals surface area contributed by atoms with E-state index in [1.54, 1.807) is 13.1 Å². The van der Waals surface area contributed by atoms with Crippen LogP contribution < -0.4 is 5.32 Å². The van der Waals surface area contributed by atoms with Crippen LogP contribution in [0.1, 0.15) is 29.4 Å². The second-order valence-corrected chi connectivity index (χ2v) is 4.95. The maximum absolute atomic E-state index is 11.8. The van der Waals surface area contributed by atoms with Crippen LogP contribution in [0.2, 0.25) is 0 Å². The molecule has 1 amide bonds. The Morgan fingerprint density at radius 3 is 3.14 bits per heavy atom. The number of rotatable bonds is 4. The van der Waals surface area contributed by atoms with Gasteiger partial charge in [-0.25, -0.2) is 14.3 Å². The van der Waals surface area contributed by atoms with Crippen LogP contribution in [0.15, 0.2) is 18.5 Å². The van der Waals surface area contributed by atoms with Gasteiger partial charge in [0, 0.05) is 30.8 Å². The fourth-order valence-electron chi connectivity index (χ4n) is 2.47. The van der Waals surface area contributed by atoms with E-state index in [2.05, 4.69) is 15.4 Å². The van der Waals surface area contributed by atoms with E-state index in [4.69, 9.17) is 4.74 Å². The summed E-state index contributed by atoms with van der Waals surface area (Å²) in [6.45, 7) is 2.77. The molecule has 110 valence electrons. The van der Waals surface area contributed by atoms with E-state index in [1.165, 1.54) is 10.7 Å². The molecule has 1 aliphatic heterocycles. The van der Waals surface area contributed by atoms with Gasteiger partial charge in [0.05, 0.1) is 12.8 Å². The van der Waals surface area contributed by atoms with Gasteiger partial charge >= 0.3 is 5.97 Å². The molecular weight excluding hydrogens is 272 g/mol. The largest absolute Gasteiger partial charge is 0.462 e. The first kappa shape index (κ1) is 13.5. The van der Waals surface area contributed by atoms with Crippen LogP contribution in [0.4, 0.5) is 0 Å². The average Bonchev–Trinajstić information content (AvgIpc) is 3.06. The number of ether oxygens (including phenoxy) is 1. The summed E-state index contributed by atoms with van der Waals surface area (Å²) in [5.74, 6) is -0.416. The van der Waals surface area contributed by atoms with Gasteiger partial charge in [0.2, 0.25) is 5.91 Å². The normalized spacial score (nSPS) is 18.0. The van der Waals surface area contributed by atoms with Crippen molar-refractivity contribution in [2.24, 2.45) is 5.92 Å². The Bertz CT molecular complexity index is 695. The summed E-state index contributed by atoms with van der Waals surface area (Å²) < 4.78 is 6.52. The Hall–Kier alpha value is -2.44. The van der Waals surface area contributed by atoms with E-state index in [0.717, 1.165) is 12.1 Å². The second kappa shape index (κ2) is 5.51. The summed E-state index contributed by atoms with van der Waals surface area (Å²) in [7, 11) is 0. The zero-order valence-electron chi connectivity index (χ0n) is 11.7. The molecule has 1 aliphatic rings. The molecule has 1 saturated heterocycles. The molecule has 1 unspecified atom stereocenters. The molecule has 3 rings (SSSR count). The highest BCUT2D eigenvalue weighted by atomic mass is 16.5. The number of nitrogens with zero attached hydrogens (tertiary/aromatic N) is 3. The Balaban J connectivity index is 1.89. The van der Waals surface area contributed by atoms with Crippen LogP contribution in [0, 0.1) is 5.92 Å². The van der Waals surface area contributed by atoms with Gasteiger partial charge in [-0.3, -0.25) is 4.79 Å². The molecular formula is C14H16N4O3. The molecule has 21 heavy (non-hydrogen) atoms. The van der Waals surface area contributed by atoms with Gasteiger partial charge in [0.15, 0.2) is 5.65 Å². The quantitative estimate of drug-likeness (QED) is 0.832. The Morgan fingerprint density at radius 2 is 2.43 bits per heavy atom. The first-order valence-electron chi connectivity index (χ1n) is 6.97. The second-order valence-electron chi connectivity index (χ2n) is 4.95. The minimum atomic E-state index is -0.434. The summed E-state index contributed by atoms with van der Waals surface area (Å²) in [5, 5.41) is 6.89. The molecule has 0 aromatic carbocycles. The Kier molecular flexibility index (Phi) is 3.55. The number of nitrogens with one attached hydrogen (secondary N) is 1. The van der Waals surface area contributed by atoms with Crippen LogP contribution in [-0.2, 0) is 16.0 Å². The highest BCUT2D eigenvalue weighted by Crippen LogP contribution is 2.17. The molecule has 1 atom stereocenters. The fraction of sp³-hybridized carbons (Fsp3) is 0.429. The third-order valence-corrected chi connectivity index (χ3v) is 3.54. The lowest BCUT2D eigenvalue weighted by molar-refractivity contribution is -0.122. The SMILES string of the molecule is CCOC(=O)c1cnn2ccc(CC3CCNC3=O)nc12. The van der Waals surface area contributed by atoms with Crippen molar-refractivity contribution in [2.75, 3.05) is 13.2 Å². The summed E-state index contributed by atoms with van der Waals surface area (Å²) >= 11 is 0. The monoisotopic (exact) mass is 288 g/mol. The third kappa shape index (κ3) is 2.58. The molecule has 2 aromatic heterocycles. The first-order chi connectivity index (χ1) is 10.2. The number of aromatic nitrogens is 3. The van der Waals surface area contributed by atoms with Crippen LogP contribution >= 0.6 is 0 Å². The number of amides is 1. The minimum Gasteiger partial charge on any atom is -0.462 e. The van der Waals surface area contributed by atoms with Crippen molar-refractivity contribution in [1.82, 2.24) is 19.9 Å². The molecule has 7 nitrogen and oxygen atoms in total. The number of hydrogen-bond acceptors (Lipinski definition) is 5. The van der Waals surface area contributed by atoms with Crippen LogP contribution in [0.25, 0.3) is 5.65 Å². The molecule has 1 fully saturated rings. The first-order valence-corrected chi connectivity index (χ1v) is 6.97. The Morgan fingerprint density at radius 1 is 1.57 bits per heavy atom. The van der Waals surface area contributed by atoms with Gasteiger partial charge in [-0.15, -0.1) is 0 Å². The molecule has 2 aromatic rings. The number of carbonyl (C=O) groups excluding carboxylic acids is 2. The maximum Gasteiger partial charge on any atom is 0.343 e. The zero-order valence-corrected chi connectivity index (χ0v) is 11.7. The minimum absolute atomic E-state index is 0.0473. The predicted molar refractivity (Wildman–Crippen MR) is 73.8 cm³/mol. The van der Waals surface area contributed by atoms with Crippen molar-refractivity contribution in [3.63, 3.8) is 0 Å². The molecule has 1 N–H and O–H groups in total. The van der Waals surface area contributed by atoms with Gasteiger partial charge in [-0.2, -0.15) is 5.10 Å². The van der Waals surface area contributed by atoms with E-state index < -0.39 is 5.97 Å². The topological polar surface area (TPSA) is 85.6 Å². The van der Waals surface area contributed by atoms with Crippen LogP contribution in [-0.4, -0.2) is 39.6 Å². The number of carbonyl (C=O) groups is 2. The summed E-state index contributed by atoms with van der Waals surface area (Å²) in [4.78, 5) is 27.9. The smallest absolute Gasteiger partial charge is 0.343 e. The van der Waals surface area contributed by atoms with Crippen LogP contribution in [0.3, 0.4) is 0 Å². The van der Waals surface area contributed by atoms with Crippen molar-refractivity contribution in [3.8, 4) is 0 Å². The van der Waals surface area contributed by atoms with E-state index in [0.29, 0.717) is 30.8 Å². The predicted octanol–water partition coefficient (Wildman–Crippen LogP) is 0.585. The third-order valence-electron chi connectivity index (χ3n) is 3.54. The van der Waals surface area contributed by atoms with Gasteiger partial charge in [0.1, 0.15) is 5.56 Å². The molecule has 0 radical (unpaired) electrons. The molecule has 0 aliphatic carbocycles. The maximum atomic E-state index is 11.8. The van der Waals surface area contributed by atoms with E-state index in [1.807, 2.05) is 6.07 Å². The molecule has 7 heteroatoms. The van der Waals surface area contributed by atoms with E-state index in [-0.39, 0.29) is 11.8 Å². The Labute approximate surface area is 121 Å². The molecule has 0 spiro atoms. The number of fused-ring (bicyclic) bond motifs is 1. The summed E-state index contributed by atoms with van der Waals surface area (Å²) in [6, 6.07) is 1.82. The number of hydrogen-bond donors (Lipinski definition) is 1. The molecule has 0 saturated carbocycles. The lowest BCUT2D eigenvalue weighted by Gasteiger charge is -2.06. The molecule has 0 bridgehead atoms. The van der Waals surface area contributed by atoms with Gasteiger partial charge in [-0.05, 0) is 19.4 Å². The molecule has 3 heterocycles. The number of esters is 1. The zero-order chi connectivity index (χ0) is 14.8. The average molecular weight is 288 g/mol. The van der Waals surface area contributed by atoms with Gasteiger partial charge in [-0.1, -0.05) is 0 Å². The highest BCUT2D eigenvalue weighted by Gasteiger charge is 2.25. The van der Waals surface area contributed by atoms with Crippen molar-refractivity contribution < 1.29 is 14.3 Å². The fourth-order valence-corrected chi connectivity index (χ4v) is 2.47. The summed E-state index contributed by atoms with van der Waals surface area (Å²) in [6.07, 6.45) is 4.57. The van der Waals surface area contributed by atoms with Crippen molar-refractivity contribution in [2.45, 2.75) is 19.8 Å². The van der Waals surface area contributed by atoms with Gasteiger partial charge < -0.3 is 10.1 Å². The van der Waals surface area contributed by atoms with E-state index in [9.17, 15) is 9.59 Å². The standard InChI is InChI=1S/C14H16N4O3/c1-2-21-14(20)11-8-16-18-6-4-10(17-12(11)18)7-9-3-5-15-13(9)19/h4,6,8-9H,2-3,5,7H2,1H3,(H,15,19). The van der Waals surface area contributed by atoms with Crippen molar-refractivity contribution in [1.29, 1.82) is 0 Å². The lowest BCUT2D eigenvalue weighted by atomic mass is 10.0. The van der Waals surface area contributed by atoms with E-state index >= 15 is 0 Å². The summed E-state index contributed by atoms with van der Waals surface area (Å²) in [5.41, 5.74) is 1.58. The highest BCUT2D eigenvalue weighted by molar-refractivity contribution is 5.95. The lowest BCUT2D eigenvalue weighted by Crippen LogP contribution is -2.20. The van der Waals surface area contributed by atoms with Crippen molar-refractivity contribution >= 4 is 17.5 Å². The van der Waals surface area contributed by atoms with Gasteiger partial charge in [0.25, 0.3) is 0 Å². The van der Waals surface area contributed by atoms with Crippen molar-refractivity contribution in [3.05, 3.63) is 29.7 Å². The van der Waals surface area contributed by atoms with Crippen LogP contribution in [0.5, 0.6) is 0 Å².